The number of phenolic OH excluding ortho intramolecular Hbond substituents is 1. The first-order valence-electron chi connectivity index (χ1n) is 11.0. The second-order valence-electron chi connectivity index (χ2n) is 8.90. The standard InChI is InChI=1S/C26H25NO8/c1-11(28)20-19(35-13(3)30)10-15-8-14-9-16-17(27(4)5)6-7-18(34-12(2)29)23(16)26(33)21(14)25(32)22(15)24(20)31/h6-7,10,14,31-32H,8-9H2,1-5H3. The van der Waals surface area contributed by atoms with Crippen LogP contribution in [0.5, 0.6) is 17.2 Å². The summed E-state index contributed by atoms with van der Waals surface area (Å²) < 4.78 is 10.5. The fraction of sp³-hybridized carbons (Fsp3) is 0.308. The van der Waals surface area contributed by atoms with E-state index in [0.29, 0.717) is 17.5 Å². The van der Waals surface area contributed by atoms with Crippen LogP contribution in [0, 0.1) is 5.92 Å². The highest BCUT2D eigenvalue weighted by Gasteiger charge is 2.42. The van der Waals surface area contributed by atoms with Crippen LogP contribution in [-0.2, 0) is 22.4 Å². The van der Waals surface area contributed by atoms with Crippen molar-refractivity contribution in [2.24, 2.45) is 5.92 Å². The third-order valence-electron chi connectivity index (χ3n) is 6.23. The van der Waals surface area contributed by atoms with Crippen LogP contribution in [0.1, 0.15) is 58.2 Å². The van der Waals surface area contributed by atoms with E-state index >= 15 is 0 Å². The van der Waals surface area contributed by atoms with Crippen molar-refractivity contribution in [3.8, 4) is 17.2 Å². The molecule has 0 saturated carbocycles. The number of benzene rings is 2. The summed E-state index contributed by atoms with van der Waals surface area (Å²) in [6.45, 7) is 3.61. The number of rotatable bonds is 4. The number of Topliss-reactive ketones (excluding diaryl/α,β-unsaturated/α-hetero) is 2. The molecule has 2 aliphatic carbocycles. The molecule has 0 spiro atoms. The lowest BCUT2D eigenvalue weighted by molar-refractivity contribution is -0.132. The largest absolute Gasteiger partial charge is 0.507 e. The van der Waals surface area contributed by atoms with Crippen molar-refractivity contribution in [3.05, 3.63) is 51.6 Å². The number of hydrogen-bond donors (Lipinski definition) is 2. The number of carbonyl (C=O) groups excluding carboxylic acids is 4. The van der Waals surface area contributed by atoms with Gasteiger partial charge in [0, 0.05) is 39.2 Å². The molecule has 2 N–H and O–H groups in total. The number of aliphatic hydroxyl groups excluding tert-OH is 1. The second kappa shape index (κ2) is 8.57. The first-order chi connectivity index (χ1) is 16.4. The van der Waals surface area contributed by atoms with Crippen LogP contribution in [0.2, 0.25) is 0 Å². The smallest absolute Gasteiger partial charge is 0.308 e. The number of anilines is 1. The zero-order valence-electron chi connectivity index (χ0n) is 20.0. The Morgan fingerprint density at radius 3 is 2.14 bits per heavy atom. The molecule has 0 radical (unpaired) electrons. The highest BCUT2D eigenvalue weighted by Crippen LogP contribution is 2.49. The van der Waals surface area contributed by atoms with Crippen LogP contribution in [0.4, 0.5) is 5.69 Å². The Labute approximate surface area is 201 Å². The van der Waals surface area contributed by atoms with Gasteiger partial charge in [-0.25, -0.2) is 0 Å². The minimum absolute atomic E-state index is 0.0491. The van der Waals surface area contributed by atoms with E-state index in [1.54, 1.807) is 12.1 Å². The zero-order valence-corrected chi connectivity index (χ0v) is 20.0. The average molecular weight is 479 g/mol. The molecule has 9 nitrogen and oxygen atoms in total. The van der Waals surface area contributed by atoms with Gasteiger partial charge in [-0.2, -0.15) is 0 Å². The third kappa shape index (κ3) is 3.92. The molecule has 0 heterocycles. The van der Waals surface area contributed by atoms with E-state index in [9.17, 15) is 29.4 Å². The Morgan fingerprint density at radius 1 is 0.943 bits per heavy atom. The van der Waals surface area contributed by atoms with E-state index in [2.05, 4.69) is 0 Å². The Hall–Kier alpha value is -4.14. The molecule has 35 heavy (non-hydrogen) atoms. The average Bonchev–Trinajstić information content (AvgIpc) is 2.71. The van der Waals surface area contributed by atoms with Crippen LogP contribution < -0.4 is 14.4 Å². The molecule has 2 aliphatic rings. The van der Waals surface area contributed by atoms with E-state index in [0.717, 1.165) is 5.69 Å². The van der Waals surface area contributed by atoms with Gasteiger partial charge in [-0.05, 0) is 55.0 Å². The minimum atomic E-state index is -0.668. The zero-order chi connectivity index (χ0) is 25.8. The number of ketones is 2. The fourth-order valence-electron chi connectivity index (χ4n) is 4.97. The summed E-state index contributed by atoms with van der Waals surface area (Å²) in [5, 5.41) is 22.2. The molecule has 0 fully saturated rings. The van der Waals surface area contributed by atoms with Crippen LogP contribution >= 0.6 is 0 Å². The number of hydrogen-bond acceptors (Lipinski definition) is 9. The van der Waals surface area contributed by atoms with Crippen molar-refractivity contribution in [1.29, 1.82) is 0 Å². The summed E-state index contributed by atoms with van der Waals surface area (Å²) >= 11 is 0. The molecule has 9 heteroatoms. The third-order valence-corrected chi connectivity index (χ3v) is 6.23. The van der Waals surface area contributed by atoms with E-state index in [1.807, 2.05) is 19.0 Å². The molecule has 2 aromatic carbocycles. The Kier molecular flexibility index (Phi) is 5.88. The predicted molar refractivity (Wildman–Crippen MR) is 126 cm³/mol. The summed E-state index contributed by atoms with van der Waals surface area (Å²) in [4.78, 5) is 51.1. The highest BCUT2D eigenvalue weighted by molar-refractivity contribution is 6.18. The van der Waals surface area contributed by atoms with Gasteiger partial charge in [-0.1, -0.05) is 0 Å². The number of allylic oxidation sites excluding steroid dienone is 1. The van der Waals surface area contributed by atoms with Gasteiger partial charge in [0.25, 0.3) is 0 Å². The van der Waals surface area contributed by atoms with Crippen LogP contribution in [0.3, 0.4) is 0 Å². The molecule has 0 amide bonds. The molecule has 0 aromatic heterocycles. The fourth-order valence-corrected chi connectivity index (χ4v) is 4.97. The first-order valence-corrected chi connectivity index (χ1v) is 11.0. The number of ether oxygens (including phenoxy) is 2. The van der Waals surface area contributed by atoms with Gasteiger partial charge in [-0.15, -0.1) is 0 Å². The number of esters is 2. The molecular weight excluding hydrogens is 454 g/mol. The maximum absolute atomic E-state index is 13.7. The van der Waals surface area contributed by atoms with E-state index in [-0.39, 0.29) is 40.2 Å². The molecule has 4 rings (SSSR count). The molecule has 2 aromatic rings. The van der Waals surface area contributed by atoms with Crippen molar-refractivity contribution in [2.75, 3.05) is 19.0 Å². The highest BCUT2D eigenvalue weighted by atomic mass is 16.5. The summed E-state index contributed by atoms with van der Waals surface area (Å²) in [6, 6.07) is 4.75. The van der Waals surface area contributed by atoms with Crippen molar-refractivity contribution >= 4 is 35.0 Å². The summed E-state index contributed by atoms with van der Waals surface area (Å²) in [5.41, 5.74) is 1.82. The number of fused-ring (bicyclic) bond motifs is 3. The quantitative estimate of drug-likeness (QED) is 0.385. The Bertz CT molecular complexity index is 1350. The molecule has 182 valence electrons. The van der Waals surface area contributed by atoms with Crippen LogP contribution in [0.15, 0.2) is 23.8 Å². The second-order valence-corrected chi connectivity index (χ2v) is 8.90. The lowest BCUT2D eigenvalue weighted by atomic mass is 9.70. The molecule has 0 bridgehead atoms. The van der Waals surface area contributed by atoms with Gasteiger partial charge in [0.2, 0.25) is 0 Å². The monoisotopic (exact) mass is 479 g/mol. The number of aliphatic hydroxyl groups is 1. The Balaban J connectivity index is 1.97. The first kappa shape index (κ1) is 24.0. The summed E-state index contributed by atoms with van der Waals surface area (Å²) in [6.07, 6.45) is 0.589. The minimum Gasteiger partial charge on any atom is -0.507 e. The van der Waals surface area contributed by atoms with Crippen molar-refractivity contribution in [2.45, 2.75) is 33.6 Å². The predicted octanol–water partition coefficient (Wildman–Crippen LogP) is 3.39. The summed E-state index contributed by atoms with van der Waals surface area (Å²) in [5.74, 6) is -3.84. The number of phenols is 1. The topological polar surface area (TPSA) is 130 Å². The van der Waals surface area contributed by atoms with Crippen LogP contribution in [-0.4, -0.2) is 47.8 Å². The van der Waals surface area contributed by atoms with Crippen molar-refractivity contribution in [1.82, 2.24) is 0 Å². The number of carbonyl (C=O) groups is 4. The normalized spacial score (nSPS) is 16.1. The van der Waals surface area contributed by atoms with Gasteiger partial charge in [0.1, 0.15) is 28.6 Å². The van der Waals surface area contributed by atoms with Crippen molar-refractivity contribution in [3.63, 3.8) is 0 Å². The summed E-state index contributed by atoms with van der Waals surface area (Å²) in [7, 11) is 3.66. The van der Waals surface area contributed by atoms with Gasteiger partial charge in [0.15, 0.2) is 11.6 Å². The van der Waals surface area contributed by atoms with E-state index < -0.39 is 40.9 Å². The SMILES string of the molecule is CC(=O)Oc1cc2c(c(O)c1C(C)=O)C(O)=C1C(=O)c3c(OC(C)=O)ccc(N(C)C)c3CC1C2. The number of nitrogens with zero attached hydrogens (tertiary/aromatic N) is 1. The van der Waals surface area contributed by atoms with Gasteiger partial charge in [-0.3, -0.25) is 19.2 Å². The molecular formula is C26H25NO8. The Morgan fingerprint density at radius 2 is 1.57 bits per heavy atom. The van der Waals surface area contributed by atoms with Crippen LogP contribution in [0.25, 0.3) is 5.76 Å². The van der Waals surface area contributed by atoms with Crippen molar-refractivity contribution < 1.29 is 38.9 Å². The lowest BCUT2D eigenvalue weighted by Gasteiger charge is -2.35. The van der Waals surface area contributed by atoms with Gasteiger partial charge >= 0.3 is 11.9 Å². The lowest BCUT2D eigenvalue weighted by Crippen LogP contribution is -2.31. The maximum atomic E-state index is 13.7. The van der Waals surface area contributed by atoms with Gasteiger partial charge < -0.3 is 24.6 Å². The molecule has 0 aliphatic heterocycles. The van der Waals surface area contributed by atoms with Gasteiger partial charge in [0.05, 0.1) is 11.1 Å². The molecule has 1 unspecified atom stereocenters. The number of aromatic hydroxyl groups is 1. The molecule has 1 atom stereocenters. The van der Waals surface area contributed by atoms with E-state index in [4.69, 9.17) is 9.47 Å². The maximum Gasteiger partial charge on any atom is 0.308 e. The van der Waals surface area contributed by atoms with E-state index in [1.165, 1.54) is 26.8 Å². The molecule has 0 saturated heterocycles.